The van der Waals surface area contributed by atoms with Crippen molar-refractivity contribution in [1.29, 1.82) is 0 Å². The van der Waals surface area contributed by atoms with Gasteiger partial charge in [0.05, 0.1) is 26.4 Å². The number of rotatable bonds is 71. The number of carbonyl (C=O) groups is 4. The van der Waals surface area contributed by atoms with Crippen molar-refractivity contribution in [3.63, 3.8) is 0 Å². The first-order valence-electron chi connectivity index (χ1n) is 38.2. The number of carbonyl (C=O) groups excluding carboxylic acids is 4. The molecule has 0 aromatic heterocycles. The molecular weight excluding hydrogens is 1230 g/mol. The normalized spacial score (nSPS) is 14.6. The van der Waals surface area contributed by atoms with Gasteiger partial charge in [-0.1, -0.05) is 304 Å². The van der Waals surface area contributed by atoms with Crippen LogP contribution in [0.5, 0.6) is 0 Å². The third kappa shape index (κ3) is 66.8. The smallest absolute Gasteiger partial charge is 0.462 e. The average Bonchev–Trinajstić information content (AvgIpc) is 1.61. The molecule has 0 bridgehead atoms. The lowest BCUT2D eigenvalue weighted by Gasteiger charge is -2.21. The molecule has 0 fully saturated rings. The molecule has 0 aliphatic carbocycles. The summed E-state index contributed by atoms with van der Waals surface area (Å²) >= 11 is 0. The van der Waals surface area contributed by atoms with E-state index in [9.17, 15) is 43.2 Å². The summed E-state index contributed by atoms with van der Waals surface area (Å²) in [5, 5.41) is 10.6. The molecule has 19 heteroatoms. The predicted octanol–water partition coefficient (Wildman–Crippen LogP) is 21.3. The molecule has 554 valence electrons. The van der Waals surface area contributed by atoms with Gasteiger partial charge in [-0.25, -0.2) is 9.13 Å². The summed E-state index contributed by atoms with van der Waals surface area (Å²) in [7, 11) is -9.92. The van der Waals surface area contributed by atoms with Crippen molar-refractivity contribution in [3.05, 3.63) is 24.3 Å². The standard InChI is InChI=1S/C75H142O17P2/c1-8-10-11-12-13-14-15-16-17-18-24-30-35-44-51-58-75(80)92-71(63-86-73(78)57-50-43-38-37-41-48-55-68(7)9-2)65-90-94(83,84)88-61-69(76)60-87-93(81,82)89-64-70(62-85-72(77)56-49-42-34-29-26-21-23-28-33-40-47-54-67(5)6)91-74(79)59-52-45-36-31-25-20-19-22-27-32-39-46-53-66(3)4/h14-17,66-71,76H,8-13,18-65H2,1-7H3,(H,81,82)(H,83,84)/b15-14-,17-16-/t68?,69-,70-,71-/m1/s1. The molecule has 0 spiro atoms. The average molecular weight is 1380 g/mol. The van der Waals surface area contributed by atoms with Gasteiger partial charge in [-0.3, -0.25) is 37.3 Å². The number of hydrogen-bond acceptors (Lipinski definition) is 15. The van der Waals surface area contributed by atoms with Gasteiger partial charge in [0.2, 0.25) is 0 Å². The van der Waals surface area contributed by atoms with Gasteiger partial charge in [0, 0.05) is 25.7 Å². The van der Waals surface area contributed by atoms with Crippen molar-refractivity contribution in [2.24, 2.45) is 17.8 Å². The lowest BCUT2D eigenvalue weighted by atomic mass is 10.00. The van der Waals surface area contributed by atoms with Gasteiger partial charge >= 0.3 is 39.5 Å². The van der Waals surface area contributed by atoms with Gasteiger partial charge < -0.3 is 33.8 Å². The van der Waals surface area contributed by atoms with Gasteiger partial charge in [0.1, 0.15) is 19.3 Å². The van der Waals surface area contributed by atoms with E-state index in [-0.39, 0.29) is 25.7 Å². The largest absolute Gasteiger partial charge is 0.472 e. The molecule has 94 heavy (non-hydrogen) atoms. The quantitative estimate of drug-likeness (QED) is 0.0169. The number of phosphoric acid groups is 2. The van der Waals surface area contributed by atoms with Crippen LogP contribution in [0.3, 0.4) is 0 Å². The summed E-state index contributed by atoms with van der Waals surface area (Å²) < 4.78 is 68.4. The van der Waals surface area contributed by atoms with Gasteiger partial charge in [-0.2, -0.15) is 0 Å². The Labute approximate surface area is 573 Å². The van der Waals surface area contributed by atoms with Crippen LogP contribution >= 0.6 is 15.6 Å². The zero-order valence-electron chi connectivity index (χ0n) is 60.9. The first kappa shape index (κ1) is 91.5. The fraction of sp³-hybridized carbons (Fsp3) is 0.893. The minimum absolute atomic E-state index is 0.0838. The maximum Gasteiger partial charge on any atom is 0.472 e. The zero-order valence-corrected chi connectivity index (χ0v) is 62.7. The molecule has 0 radical (unpaired) electrons. The van der Waals surface area contributed by atoms with Crippen LogP contribution in [0.1, 0.15) is 357 Å². The number of esters is 4. The van der Waals surface area contributed by atoms with E-state index in [0.717, 1.165) is 127 Å². The van der Waals surface area contributed by atoms with Crippen LogP contribution < -0.4 is 0 Å². The number of aliphatic hydroxyl groups is 1. The molecule has 0 aromatic carbocycles. The third-order valence-corrected chi connectivity index (χ3v) is 19.0. The van der Waals surface area contributed by atoms with E-state index >= 15 is 0 Å². The van der Waals surface area contributed by atoms with Gasteiger partial charge in [-0.15, -0.1) is 0 Å². The highest BCUT2D eigenvalue weighted by molar-refractivity contribution is 7.47. The second-order valence-corrected chi connectivity index (χ2v) is 30.5. The number of allylic oxidation sites excluding steroid dienone is 4. The molecule has 0 aliphatic rings. The highest BCUT2D eigenvalue weighted by Gasteiger charge is 2.30. The SMILES string of the molecule is CCCCCC/C=C\C=C/CCCCCCCC(=O)O[C@H](COC(=O)CCCCCCCCC(C)CC)COP(=O)(O)OC[C@H](O)COP(=O)(O)OC[C@@H](COC(=O)CCCCCCCCCCCCCC(C)C)OC(=O)CCCCCCCCCCCCCCC(C)C. The molecule has 0 saturated heterocycles. The number of ether oxygens (including phenoxy) is 4. The first-order chi connectivity index (χ1) is 45.3. The van der Waals surface area contributed by atoms with E-state index in [1.807, 2.05) is 0 Å². The molecule has 3 unspecified atom stereocenters. The Morgan fingerprint density at radius 2 is 0.628 bits per heavy atom. The lowest BCUT2D eigenvalue weighted by molar-refractivity contribution is -0.161. The predicted molar refractivity (Wildman–Crippen MR) is 381 cm³/mol. The van der Waals surface area contributed by atoms with Crippen molar-refractivity contribution in [3.8, 4) is 0 Å². The van der Waals surface area contributed by atoms with Crippen LogP contribution in [0.15, 0.2) is 24.3 Å². The van der Waals surface area contributed by atoms with E-state index in [1.54, 1.807) is 0 Å². The maximum atomic E-state index is 13.1. The second-order valence-electron chi connectivity index (χ2n) is 27.5. The summed E-state index contributed by atoms with van der Waals surface area (Å²) in [5.74, 6) is 0.122. The molecule has 0 aromatic rings. The Balaban J connectivity index is 5.30. The topological polar surface area (TPSA) is 237 Å². The van der Waals surface area contributed by atoms with Crippen LogP contribution in [0.2, 0.25) is 0 Å². The van der Waals surface area contributed by atoms with E-state index < -0.39 is 97.5 Å². The Kier molecular flexibility index (Phi) is 63.5. The Morgan fingerprint density at radius 3 is 0.947 bits per heavy atom. The highest BCUT2D eigenvalue weighted by Crippen LogP contribution is 2.45. The minimum Gasteiger partial charge on any atom is -0.462 e. The number of hydrogen-bond donors (Lipinski definition) is 3. The monoisotopic (exact) mass is 1380 g/mol. The summed E-state index contributed by atoms with van der Waals surface area (Å²) in [6, 6.07) is 0. The van der Waals surface area contributed by atoms with Gasteiger partial charge in [0.25, 0.3) is 0 Å². The number of phosphoric ester groups is 2. The molecule has 0 aliphatic heterocycles. The van der Waals surface area contributed by atoms with Crippen molar-refractivity contribution in [1.82, 2.24) is 0 Å². The lowest BCUT2D eigenvalue weighted by Crippen LogP contribution is -2.30. The second kappa shape index (κ2) is 65.2. The minimum atomic E-state index is -4.96. The van der Waals surface area contributed by atoms with Crippen LogP contribution in [-0.4, -0.2) is 96.7 Å². The van der Waals surface area contributed by atoms with Crippen LogP contribution in [0.4, 0.5) is 0 Å². The highest BCUT2D eigenvalue weighted by atomic mass is 31.2. The van der Waals surface area contributed by atoms with Crippen molar-refractivity contribution >= 4 is 39.5 Å². The zero-order chi connectivity index (χ0) is 69.4. The molecule has 0 rings (SSSR count). The number of unbranched alkanes of at least 4 members (excludes halogenated alkanes) is 35. The number of aliphatic hydroxyl groups excluding tert-OH is 1. The molecule has 0 amide bonds. The summed E-state index contributed by atoms with van der Waals surface area (Å²) in [5.41, 5.74) is 0. The molecule has 6 atom stereocenters. The third-order valence-electron chi connectivity index (χ3n) is 17.1. The molecule has 0 saturated carbocycles. The van der Waals surface area contributed by atoms with E-state index in [4.69, 9.17) is 37.0 Å². The first-order valence-corrected chi connectivity index (χ1v) is 41.2. The van der Waals surface area contributed by atoms with E-state index in [0.29, 0.717) is 25.7 Å². The maximum absolute atomic E-state index is 13.1. The van der Waals surface area contributed by atoms with E-state index in [1.165, 1.54) is 148 Å². The Morgan fingerprint density at radius 1 is 0.351 bits per heavy atom. The summed E-state index contributed by atoms with van der Waals surface area (Å²) in [6.45, 7) is 11.8. The summed E-state index contributed by atoms with van der Waals surface area (Å²) in [4.78, 5) is 72.8. The van der Waals surface area contributed by atoms with Crippen LogP contribution in [0.25, 0.3) is 0 Å². The van der Waals surface area contributed by atoms with Crippen LogP contribution in [0, 0.1) is 17.8 Å². The Bertz CT molecular complexity index is 1930. The molecular formula is C75H142O17P2. The molecule has 3 N–H and O–H groups in total. The van der Waals surface area contributed by atoms with Crippen molar-refractivity contribution < 1.29 is 80.2 Å². The van der Waals surface area contributed by atoms with Crippen molar-refractivity contribution in [2.75, 3.05) is 39.6 Å². The fourth-order valence-electron chi connectivity index (χ4n) is 10.9. The van der Waals surface area contributed by atoms with E-state index in [2.05, 4.69) is 72.8 Å². The summed E-state index contributed by atoms with van der Waals surface area (Å²) in [6.07, 6.45) is 53.5. The van der Waals surface area contributed by atoms with Gasteiger partial charge in [-0.05, 0) is 69.1 Å². The fourth-order valence-corrected chi connectivity index (χ4v) is 12.4. The van der Waals surface area contributed by atoms with Gasteiger partial charge in [0.15, 0.2) is 12.2 Å². The van der Waals surface area contributed by atoms with Crippen LogP contribution in [-0.2, 0) is 65.4 Å². The Hall–Kier alpha value is -2.46. The molecule has 0 heterocycles. The van der Waals surface area contributed by atoms with Crippen molar-refractivity contribution in [2.45, 2.75) is 375 Å². The molecule has 17 nitrogen and oxygen atoms in total.